The smallest absolute Gasteiger partial charge is 0.311 e. The van der Waals surface area contributed by atoms with Gasteiger partial charge in [0.1, 0.15) is 0 Å². The third-order valence-corrected chi connectivity index (χ3v) is 4.79. The fourth-order valence-corrected chi connectivity index (χ4v) is 3.33. The Bertz CT molecular complexity index is 832. The van der Waals surface area contributed by atoms with Crippen molar-refractivity contribution in [1.29, 1.82) is 0 Å². The molecule has 27 heavy (non-hydrogen) atoms. The molecular formula is C20H23N3O4. The zero-order valence-corrected chi connectivity index (χ0v) is 15.2. The van der Waals surface area contributed by atoms with Gasteiger partial charge in [-0.2, -0.15) is 0 Å². The van der Waals surface area contributed by atoms with Crippen molar-refractivity contribution in [2.24, 2.45) is 5.92 Å². The van der Waals surface area contributed by atoms with Gasteiger partial charge in [-0.1, -0.05) is 25.0 Å². The number of hydrogen-bond donors (Lipinski definition) is 2. The molecule has 142 valence electrons. The second kappa shape index (κ2) is 8.53. The second-order valence-corrected chi connectivity index (χ2v) is 6.67. The molecule has 7 nitrogen and oxygen atoms in total. The maximum atomic E-state index is 12.3. The minimum absolute atomic E-state index is 0.0697. The Balaban J connectivity index is 1.63. The van der Waals surface area contributed by atoms with Gasteiger partial charge in [-0.15, -0.1) is 0 Å². The number of nitro groups is 1. The Morgan fingerprint density at radius 3 is 2.67 bits per heavy atom. The van der Waals surface area contributed by atoms with E-state index < -0.39 is 4.92 Å². The first-order chi connectivity index (χ1) is 13.1. The second-order valence-electron chi connectivity index (χ2n) is 6.67. The Morgan fingerprint density at radius 1 is 1.19 bits per heavy atom. The minimum Gasteiger partial charge on any atom is -0.490 e. The van der Waals surface area contributed by atoms with E-state index in [1.807, 2.05) is 24.3 Å². The van der Waals surface area contributed by atoms with Crippen LogP contribution in [0.5, 0.6) is 5.75 Å². The van der Waals surface area contributed by atoms with Crippen molar-refractivity contribution in [2.45, 2.75) is 32.2 Å². The summed E-state index contributed by atoms with van der Waals surface area (Å²) in [5.74, 6) is 0.430. The number of amides is 1. The Kier molecular flexibility index (Phi) is 5.90. The summed E-state index contributed by atoms with van der Waals surface area (Å²) in [6.45, 7) is 0.522. The topological polar surface area (TPSA) is 93.5 Å². The predicted octanol–water partition coefficient (Wildman–Crippen LogP) is 4.34. The van der Waals surface area contributed by atoms with E-state index >= 15 is 0 Å². The summed E-state index contributed by atoms with van der Waals surface area (Å²) in [5, 5.41) is 17.2. The summed E-state index contributed by atoms with van der Waals surface area (Å²) in [4.78, 5) is 22.8. The summed E-state index contributed by atoms with van der Waals surface area (Å²) >= 11 is 0. The van der Waals surface area contributed by atoms with Gasteiger partial charge >= 0.3 is 5.69 Å². The predicted molar refractivity (Wildman–Crippen MR) is 104 cm³/mol. The first-order valence-corrected chi connectivity index (χ1v) is 9.03. The highest BCUT2D eigenvalue weighted by Crippen LogP contribution is 2.30. The molecule has 7 heteroatoms. The van der Waals surface area contributed by atoms with Crippen molar-refractivity contribution >= 4 is 23.0 Å². The number of nitro benzene ring substituents is 1. The summed E-state index contributed by atoms with van der Waals surface area (Å²) < 4.78 is 5.08. The van der Waals surface area contributed by atoms with E-state index in [1.54, 1.807) is 12.1 Å². The fraction of sp³-hybridized carbons (Fsp3) is 0.350. The molecular weight excluding hydrogens is 346 g/mol. The lowest BCUT2D eigenvalue weighted by atomic mass is 10.1. The van der Waals surface area contributed by atoms with E-state index in [9.17, 15) is 14.9 Å². The molecule has 0 radical (unpaired) electrons. The Hall–Kier alpha value is -3.09. The monoisotopic (exact) mass is 369 g/mol. The molecule has 2 aromatic rings. The zero-order valence-electron chi connectivity index (χ0n) is 15.2. The number of nitrogens with zero attached hydrogens (tertiary/aromatic N) is 1. The molecule has 0 aromatic heterocycles. The van der Waals surface area contributed by atoms with E-state index in [4.69, 9.17) is 4.74 Å². The average molecular weight is 369 g/mol. The minimum atomic E-state index is -0.473. The van der Waals surface area contributed by atoms with Gasteiger partial charge in [0.2, 0.25) is 5.91 Å². The maximum Gasteiger partial charge on any atom is 0.311 e. The number of methoxy groups -OCH3 is 1. The van der Waals surface area contributed by atoms with E-state index in [0.717, 1.165) is 42.6 Å². The summed E-state index contributed by atoms with van der Waals surface area (Å²) in [5.41, 5.74) is 2.43. The fourth-order valence-electron chi connectivity index (χ4n) is 3.33. The zero-order chi connectivity index (χ0) is 19.2. The number of benzene rings is 2. The van der Waals surface area contributed by atoms with Crippen molar-refractivity contribution < 1.29 is 14.5 Å². The Labute approximate surface area is 157 Å². The average Bonchev–Trinajstić information content (AvgIpc) is 3.21. The van der Waals surface area contributed by atoms with Gasteiger partial charge in [-0.25, -0.2) is 0 Å². The molecule has 1 aliphatic carbocycles. The maximum absolute atomic E-state index is 12.3. The standard InChI is InChI=1S/C20H23N3O4/c1-27-19-12-16(9-10-18(19)23(25)26)21-13-14-5-4-8-17(11-14)22-20(24)15-6-2-3-7-15/h4-5,8-12,15,21H,2-3,6-7,13H2,1H3,(H,22,24). The van der Waals surface area contributed by atoms with Crippen LogP contribution in [0.15, 0.2) is 42.5 Å². The molecule has 0 spiro atoms. The van der Waals surface area contributed by atoms with Crippen molar-refractivity contribution in [3.05, 3.63) is 58.1 Å². The van der Waals surface area contributed by atoms with Crippen molar-refractivity contribution in [1.82, 2.24) is 0 Å². The van der Waals surface area contributed by atoms with Crippen molar-refractivity contribution in [3.8, 4) is 5.75 Å². The van der Waals surface area contributed by atoms with E-state index in [-0.39, 0.29) is 23.3 Å². The van der Waals surface area contributed by atoms with E-state index in [2.05, 4.69) is 10.6 Å². The summed E-state index contributed by atoms with van der Waals surface area (Å²) in [6, 6.07) is 12.3. The molecule has 1 saturated carbocycles. The van der Waals surface area contributed by atoms with Crippen LogP contribution in [0, 0.1) is 16.0 Å². The van der Waals surface area contributed by atoms with Crippen LogP contribution in [0.1, 0.15) is 31.2 Å². The molecule has 1 fully saturated rings. The van der Waals surface area contributed by atoms with Crippen LogP contribution >= 0.6 is 0 Å². The summed E-state index contributed by atoms with van der Waals surface area (Å²) in [7, 11) is 1.41. The molecule has 3 rings (SSSR count). The third-order valence-electron chi connectivity index (χ3n) is 4.79. The number of carbonyl (C=O) groups is 1. The molecule has 1 amide bonds. The van der Waals surface area contributed by atoms with Crippen LogP contribution in [-0.2, 0) is 11.3 Å². The van der Waals surface area contributed by atoms with Crippen LogP contribution in [0.25, 0.3) is 0 Å². The molecule has 2 N–H and O–H groups in total. The van der Waals surface area contributed by atoms with Crippen molar-refractivity contribution in [2.75, 3.05) is 17.7 Å². The highest BCUT2D eigenvalue weighted by molar-refractivity contribution is 5.92. The lowest BCUT2D eigenvalue weighted by Crippen LogP contribution is -2.20. The number of rotatable bonds is 7. The largest absolute Gasteiger partial charge is 0.490 e. The van der Waals surface area contributed by atoms with Crippen LogP contribution in [0.4, 0.5) is 17.1 Å². The highest BCUT2D eigenvalue weighted by Gasteiger charge is 2.22. The number of nitrogens with one attached hydrogen (secondary N) is 2. The van der Waals surface area contributed by atoms with Gasteiger partial charge in [-0.3, -0.25) is 14.9 Å². The lowest BCUT2D eigenvalue weighted by Gasteiger charge is -2.12. The van der Waals surface area contributed by atoms with Gasteiger partial charge in [0.15, 0.2) is 5.75 Å². The number of carbonyl (C=O) groups excluding carboxylic acids is 1. The first kappa shape index (κ1) is 18.7. The highest BCUT2D eigenvalue weighted by atomic mass is 16.6. The molecule has 2 aromatic carbocycles. The number of anilines is 2. The molecule has 0 heterocycles. The van der Waals surface area contributed by atoms with Gasteiger partial charge in [-0.05, 0) is 36.6 Å². The van der Waals surface area contributed by atoms with Gasteiger partial charge < -0.3 is 15.4 Å². The first-order valence-electron chi connectivity index (χ1n) is 9.03. The van der Waals surface area contributed by atoms with Gasteiger partial charge in [0, 0.05) is 36.0 Å². The lowest BCUT2D eigenvalue weighted by molar-refractivity contribution is -0.385. The molecule has 0 unspecified atom stereocenters. The molecule has 0 saturated heterocycles. The van der Waals surface area contributed by atoms with E-state index in [1.165, 1.54) is 13.2 Å². The number of hydrogen-bond acceptors (Lipinski definition) is 5. The van der Waals surface area contributed by atoms with Crippen LogP contribution < -0.4 is 15.4 Å². The molecule has 0 atom stereocenters. The van der Waals surface area contributed by atoms with Gasteiger partial charge in [0.05, 0.1) is 12.0 Å². The molecule has 0 bridgehead atoms. The quantitative estimate of drug-likeness (QED) is 0.559. The van der Waals surface area contributed by atoms with Gasteiger partial charge in [0.25, 0.3) is 0 Å². The molecule has 0 aliphatic heterocycles. The van der Waals surface area contributed by atoms with E-state index in [0.29, 0.717) is 6.54 Å². The normalized spacial score (nSPS) is 14.0. The Morgan fingerprint density at radius 2 is 1.96 bits per heavy atom. The third kappa shape index (κ3) is 4.75. The SMILES string of the molecule is COc1cc(NCc2cccc(NC(=O)C3CCCC3)c2)ccc1[N+](=O)[O-]. The summed E-state index contributed by atoms with van der Waals surface area (Å²) in [6.07, 6.45) is 4.19. The van der Waals surface area contributed by atoms with Crippen molar-refractivity contribution in [3.63, 3.8) is 0 Å². The van der Waals surface area contributed by atoms with Crippen LogP contribution in [0.3, 0.4) is 0 Å². The number of ether oxygens (including phenoxy) is 1. The molecule has 1 aliphatic rings. The van der Waals surface area contributed by atoms with Crippen LogP contribution in [0.2, 0.25) is 0 Å². The van der Waals surface area contributed by atoms with Crippen LogP contribution in [-0.4, -0.2) is 17.9 Å².